The fraction of sp³-hybridized carbons (Fsp3) is 0.357. The smallest absolute Gasteiger partial charge is 0.107 e. The molecule has 0 bridgehead atoms. The molecule has 1 aliphatic rings. The van der Waals surface area contributed by atoms with Crippen LogP contribution in [0, 0.1) is 0 Å². The number of aryl methyl sites for hydroxylation is 1. The van der Waals surface area contributed by atoms with Gasteiger partial charge in [-0.2, -0.15) is 0 Å². The highest BCUT2D eigenvalue weighted by molar-refractivity contribution is 7.99. The minimum atomic E-state index is 0.472. The molecular weight excluding hydrogens is 260 g/mol. The fourth-order valence-electron chi connectivity index (χ4n) is 2.14. The molecule has 0 amide bonds. The summed E-state index contributed by atoms with van der Waals surface area (Å²) in [5.74, 6) is 1.13. The Kier molecular flexibility index (Phi) is 3.68. The average Bonchev–Trinajstić information content (AvgIpc) is 3.03. The maximum Gasteiger partial charge on any atom is 0.107 e. The van der Waals surface area contributed by atoms with Crippen LogP contribution in [0.4, 0.5) is 0 Å². The van der Waals surface area contributed by atoms with E-state index < -0.39 is 0 Å². The third kappa shape index (κ3) is 2.46. The molecule has 1 aromatic carbocycles. The molecule has 2 heterocycles. The lowest BCUT2D eigenvalue weighted by molar-refractivity contribution is 0.582. The van der Waals surface area contributed by atoms with Crippen LogP contribution in [0.2, 0.25) is 0 Å². The van der Waals surface area contributed by atoms with E-state index >= 15 is 0 Å². The SMILES string of the molecule is CCc1cnc(CNC2CSc3ccccc32)s1. The molecule has 0 radical (unpaired) electrons. The molecule has 1 atom stereocenters. The summed E-state index contributed by atoms with van der Waals surface area (Å²) in [5, 5.41) is 4.81. The van der Waals surface area contributed by atoms with Gasteiger partial charge < -0.3 is 5.32 Å². The number of nitrogens with one attached hydrogen (secondary N) is 1. The highest BCUT2D eigenvalue weighted by Crippen LogP contribution is 2.37. The molecule has 4 heteroatoms. The van der Waals surface area contributed by atoms with E-state index in [-0.39, 0.29) is 0 Å². The summed E-state index contributed by atoms with van der Waals surface area (Å²) in [7, 11) is 0. The molecule has 0 saturated heterocycles. The van der Waals surface area contributed by atoms with E-state index in [9.17, 15) is 0 Å². The van der Waals surface area contributed by atoms with Gasteiger partial charge in [0.15, 0.2) is 0 Å². The van der Waals surface area contributed by atoms with Gasteiger partial charge in [0.05, 0.1) is 0 Å². The van der Waals surface area contributed by atoms with Crippen molar-refractivity contribution in [3.8, 4) is 0 Å². The van der Waals surface area contributed by atoms with Gasteiger partial charge in [-0.1, -0.05) is 25.1 Å². The van der Waals surface area contributed by atoms with Crippen molar-refractivity contribution < 1.29 is 0 Å². The van der Waals surface area contributed by atoms with E-state index in [4.69, 9.17) is 0 Å². The van der Waals surface area contributed by atoms with Crippen LogP contribution in [0.25, 0.3) is 0 Å². The number of rotatable bonds is 4. The van der Waals surface area contributed by atoms with Gasteiger partial charge >= 0.3 is 0 Å². The second kappa shape index (κ2) is 5.43. The lowest BCUT2D eigenvalue weighted by atomic mass is 10.1. The normalized spacial score (nSPS) is 17.9. The van der Waals surface area contributed by atoms with E-state index in [0.29, 0.717) is 6.04 Å². The van der Waals surface area contributed by atoms with E-state index in [1.54, 1.807) is 0 Å². The Morgan fingerprint density at radius 2 is 2.28 bits per heavy atom. The Hall–Kier alpha value is -0.840. The fourth-order valence-corrected chi connectivity index (χ4v) is 4.14. The lowest BCUT2D eigenvalue weighted by Crippen LogP contribution is -2.20. The number of aromatic nitrogens is 1. The molecule has 1 N–H and O–H groups in total. The van der Waals surface area contributed by atoms with Crippen LogP contribution in [-0.2, 0) is 13.0 Å². The number of nitrogens with zero attached hydrogens (tertiary/aromatic N) is 1. The van der Waals surface area contributed by atoms with Crippen molar-refractivity contribution in [3.63, 3.8) is 0 Å². The summed E-state index contributed by atoms with van der Waals surface area (Å²) in [4.78, 5) is 7.24. The Bertz CT molecular complexity index is 536. The first-order valence-corrected chi connectivity index (χ1v) is 8.05. The molecule has 0 spiro atoms. The standard InChI is InChI=1S/C14H16N2S2/c1-2-10-7-16-14(18-10)8-15-12-9-17-13-6-4-3-5-11(12)13/h3-7,12,15H,2,8-9H2,1H3. The molecular formula is C14H16N2S2. The maximum absolute atomic E-state index is 4.45. The second-order valence-corrected chi connectivity index (χ2v) is 6.62. The van der Waals surface area contributed by atoms with Crippen molar-refractivity contribution in [2.75, 3.05) is 5.75 Å². The van der Waals surface area contributed by atoms with Crippen molar-refractivity contribution in [1.82, 2.24) is 10.3 Å². The first-order chi connectivity index (χ1) is 8.86. The maximum atomic E-state index is 4.45. The zero-order valence-corrected chi connectivity index (χ0v) is 12.0. The van der Waals surface area contributed by atoms with Gasteiger partial charge in [-0.3, -0.25) is 0 Å². The molecule has 18 heavy (non-hydrogen) atoms. The van der Waals surface area contributed by atoms with Crippen LogP contribution >= 0.6 is 23.1 Å². The van der Waals surface area contributed by atoms with Crippen molar-refractivity contribution in [1.29, 1.82) is 0 Å². The van der Waals surface area contributed by atoms with Crippen molar-refractivity contribution in [3.05, 3.63) is 45.9 Å². The molecule has 0 aliphatic carbocycles. The van der Waals surface area contributed by atoms with Gasteiger partial charge in [-0.25, -0.2) is 4.98 Å². The zero-order valence-electron chi connectivity index (χ0n) is 10.3. The number of thiazole rings is 1. The number of hydrogen-bond donors (Lipinski definition) is 1. The molecule has 2 aromatic rings. The van der Waals surface area contributed by atoms with Gasteiger partial charge in [-0.15, -0.1) is 23.1 Å². The summed E-state index contributed by atoms with van der Waals surface area (Å²) in [5.41, 5.74) is 1.44. The van der Waals surface area contributed by atoms with Gasteiger partial charge in [0, 0.05) is 34.3 Å². The minimum absolute atomic E-state index is 0.472. The average molecular weight is 276 g/mol. The Morgan fingerprint density at radius 3 is 3.11 bits per heavy atom. The Morgan fingerprint density at radius 1 is 1.39 bits per heavy atom. The first-order valence-electron chi connectivity index (χ1n) is 6.25. The molecule has 2 nitrogen and oxygen atoms in total. The minimum Gasteiger partial charge on any atom is -0.303 e. The van der Waals surface area contributed by atoms with Gasteiger partial charge in [-0.05, 0) is 18.1 Å². The second-order valence-electron chi connectivity index (χ2n) is 4.36. The monoisotopic (exact) mass is 276 g/mol. The third-order valence-electron chi connectivity index (χ3n) is 3.15. The van der Waals surface area contributed by atoms with Crippen LogP contribution in [0.3, 0.4) is 0 Å². The highest BCUT2D eigenvalue weighted by Gasteiger charge is 2.22. The largest absolute Gasteiger partial charge is 0.303 e. The number of thioether (sulfide) groups is 1. The van der Waals surface area contributed by atoms with Crippen molar-refractivity contribution >= 4 is 23.1 Å². The number of fused-ring (bicyclic) bond motifs is 1. The summed E-state index contributed by atoms with van der Waals surface area (Å²) in [6, 6.07) is 9.15. The number of hydrogen-bond acceptors (Lipinski definition) is 4. The van der Waals surface area contributed by atoms with Gasteiger partial charge in [0.1, 0.15) is 5.01 Å². The molecule has 1 aromatic heterocycles. The van der Waals surface area contributed by atoms with E-state index in [1.807, 2.05) is 29.3 Å². The van der Waals surface area contributed by atoms with Crippen LogP contribution < -0.4 is 5.32 Å². The van der Waals surface area contributed by atoms with E-state index in [2.05, 4.69) is 41.5 Å². The van der Waals surface area contributed by atoms with Crippen molar-refractivity contribution in [2.24, 2.45) is 0 Å². The predicted octanol–water partition coefficient (Wildman–Crippen LogP) is 3.64. The zero-order chi connectivity index (χ0) is 12.4. The Balaban J connectivity index is 1.65. The number of benzene rings is 1. The van der Waals surface area contributed by atoms with Crippen LogP contribution in [-0.4, -0.2) is 10.7 Å². The lowest BCUT2D eigenvalue weighted by Gasteiger charge is -2.11. The Labute approximate surface area is 116 Å². The van der Waals surface area contributed by atoms with Crippen LogP contribution in [0.5, 0.6) is 0 Å². The summed E-state index contributed by atoms with van der Waals surface area (Å²) in [6.45, 7) is 3.05. The quantitative estimate of drug-likeness (QED) is 0.923. The third-order valence-corrected chi connectivity index (χ3v) is 5.47. The predicted molar refractivity (Wildman–Crippen MR) is 78.2 cm³/mol. The molecule has 0 saturated carbocycles. The molecule has 94 valence electrons. The summed E-state index contributed by atoms with van der Waals surface area (Å²) < 4.78 is 0. The van der Waals surface area contributed by atoms with Crippen LogP contribution in [0.15, 0.2) is 35.4 Å². The van der Waals surface area contributed by atoms with Crippen molar-refractivity contribution in [2.45, 2.75) is 30.8 Å². The van der Waals surface area contributed by atoms with Gasteiger partial charge in [0.25, 0.3) is 0 Å². The van der Waals surface area contributed by atoms with Gasteiger partial charge in [0.2, 0.25) is 0 Å². The van der Waals surface area contributed by atoms with E-state index in [1.165, 1.54) is 20.3 Å². The first kappa shape index (κ1) is 12.2. The molecule has 0 fully saturated rings. The van der Waals surface area contributed by atoms with E-state index in [0.717, 1.165) is 18.7 Å². The van der Waals surface area contributed by atoms with Crippen LogP contribution in [0.1, 0.15) is 28.4 Å². The molecule has 1 aliphatic heterocycles. The summed E-state index contributed by atoms with van der Waals surface area (Å²) in [6.07, 6.45) is 3.08. The topological polar surface area (TPSA) is 24.9 Å². The summed E-state index contributed by atoms with van der Waals surface area (Å²) >= 11 is 3.76. The molecule has 3 rings (SSSR count). The molecule has 1 unspecified atom stereocenters. The highest BCUT2D eigenvalue weighted by atomic mass is 32.2.